The van der Waals surface area contributed by atoms with E-state index in [1.807, 2.05) is 7.05 Å². The van der Waals surface area contributed by atoms with Crippen molar-refractivity contribution in [1.29, 1.82) is 0 Å². The number of guanidine groups is 1. The van der Waals surface area contributed by atoms with Crippen molar-refractivity contribution in [3.05, 3.63) is 0 Å². The molecule has 0 aliphatic heterocycles. The van der Waals surface area contributed by atoms with E-state index in [9.17, 15) is 0 Å². The summed E-state index contributed by atoms with van der Waals surface area (Å²) in [4.78, 5) is 6.68. The Hall–Kier alpha value is -0.770. The highest BCUT2D eigenvalue weighted by atomic mass is 15.2. The van der Waals surface area contributed by atoms with E-state index in [0.29, 0.717) is 12.1 Å². The molecule has 2 N–H and O–H groups in total. The Balaban J connectivity index is 2.31. The Morgan fingerprint density at radius 3 is 2.30 bits per heavy atom. The fourth-order valence-electron chi connectivity index (χ4n) is 2.54. The van der Waals surface area contributed by atoms with Crippen molar-refractivity contribution in [2.45, 2.75) is 58.5 Å². The molecule has 0 aromatic carbocycles. The van der Waals surface area contributed by atoms with E-state index in [-0.39, 0.29) is 0 Å². The van der Waals surface area contributed by atoms with Crippen LogP contribution in [0, 0.1) is 11.8 Å². The summed E-state index contributed by atoms with van der Waals surface area (Å²) in [7, 11) is 6.20. The molecule has 0 radical (unpaired) electrons. The van der Waals surface area contributed by atoms with Crippen LogP contribution in [0.2, 0.25) is 0 Å². The predicted octanol–water partition coefficient (Wildman–Crippen LogP) is 2.32. The molecule has 4 nitrogen and oxygen atoms in total. The van der Waals surface area contributed by atoms with E-state index in [1.54, 1.807) is 0 Å². The Morgan fingerprint density at radius 2 is 1.85 bits per heavy atom. The van der Waals surface area contributed by atoms with Gasteiger partial charge in [-0.05, 0) is 58.5 Å². The van der Waals surface area contributed by atoms with Gasteiger partial charge in [-0.25, -0.2) is 0 Å². The van der Waals surface area contributed by atoms with Gasteiger partial charge in [0.1, 0.15) is 0 Å². The molecule has 2 atom stereocenters. The second-order valence-corrected chi connectivity index (χ2v) is 6.84. The van der Waals surface area contributed by atoms with Gasteiger partial charge in [0, 0.05) is 25.7 Å². The molecule has 1 rings (SSSR count). The topological polar surface area (TPSA) is 39.7 Å². The first-order chi connectivity index (χ1) is 9.43. The number of rotatable bonds is 8. The molecule has 1 aliphatic rings. The minimum absolute atomic E-state index is 0.474. The fourth-order valence-corrected chi connectivity index (χ4v) is 2.54. The smallest absolute Gasteiger partial charge is 0.191 e. The van der Waals surface area contributed by atoms with E-state index in [2.05, 4.69) is 55.4 Å². The summed E-state index contributed by atoms with van der Waals surface area (Å²) in [6.45, 7) is 7.77. The number of nitrogens with zero attached hydrogens (tertiary/aromatic N) is 2. The van der Waals surface area contributed by atoms with Crippen molar-refractivity contribution in [2.75, 3.05) is 27.7 Å². The Labute approximate surface area is 125 Å². The van der Waals surface area contributed by atoms with Crippen LogP contribution in [0.4, 0.5) is 0 Å². The van der Waals surface area contributed by atoms with Crippen molar-refractivity contribution >= 4 is 5.96 Å². The zero-order valence-electron chi connectivity index (χ0n) is 14.2. The van der Waals surface area contributed by atoms with Crippen molar-refractivity contribution in [3.8, 4) is 0 Å². The molecule has 20 heavy (non-hydrogen) atoms. The Morgan fingerprint density at radius 1 is 1.20 bits per heavy atom. The highest BCUT2D eigenvalue weighted by molar-refractivity contribution is 5.79. The summed E-state index contributed by atoms with van der Waals surface area (Å²) in [6, 6.07) is 1.10. The average molecular weight is 282 g/mol. The number of hydrogen-bond acceptors (Lipinski definition) is 2. The number of hydrogen-bond donors (Lipinski definition) is 2. The summed E-state index contributed by atoms with van der Waals surface area (Å²) >= 11 is 0. The number of aliphatic imine (C=N–C) groups is 1. The third kappa shape index (κ3) is 6.60. The normalized spacial score (nSPS) is 19.3. The van der Waals surface area contributed by atoms with Crippen LogP contribution in [-0.4, -0.2) is 50.6 Å². The summed E-state index contributed by atoms with van der Waals surface area (Å²) < 4.78 is 0. The van der Waals surface area contributed by atoms with Gasteiger partial charge >= 0.3 is 0 Å². The quantitative estimate of drug-likeness (QED) is 0.530. The van der Waals surface area contributed by atoms with E-state index in [1.165, 1.54) is 25.7 Å². The Bertz CT molecular complexity index is 293. The molecule has 0 aromatic heterocycles. The van der Waals surface area contributed by atoms with Crippen LogP contribution in [0.25, 0.3) is 0 Å². The zero-order chi connectivity index (χ0) is 15.1. The van der Waals surface area contributed by atoms with Crippen LogP contribution < -0.4 is 10.6 Å². The summed E-state index contributed by atoms with van der Waals surface area (Å²) in [6.07, 6.45) is 5.20. The maximum absolute atomic E-state index is 4.34. The van der Waals surface area contributed by atoms with E-state index in [4.69, 9.17) is 0 Å². The number of likely N-dealkylation sites (N-methyl/N-ethyl adjacent to an activating group) is 1. The molecule has 0 spiro atoms. The van der Waals surface area contributed by atoms with Gasteiger partial charge in [0.15, 0.2) is 5.96 Å². The maximum Gasteiger partial charge on any atom is 0.191 e. The van der Waals surface area contributed by atoms with Crippen LogP contribution in [0.1, 0.15) is 46.5 Å². The summed E-state index contributed by atoms with van der Waals surface area (Å²) in [5, 5.41) is 6.98. The first kappa shape index (κ1) is 17.3. The largest absolute Gasteiger partial charge is 0.355 e. The molecule has 118 valence electrons. The molecule has 1 aliphatic carbocycles. The lowest BCUT2D eigenvalue weighted by Crippen LogP contribution is -2.48. The van der Waals surface area contributed by atoms with Crippen molar-refractivity contribution in [2.24, 2.45) is 16.8 Å². The van der Waals surface area contributed by atoms with Crippen LogP contribution in [0.15, 0.2) is 4.99 Å². The minimum atomic E-state index is 0.474. The number of nitrogens with one attached hydrogen (secondary N) is 2. The van der Waals surface area contributed by atoms with Crippen LogP contribution in [-0.2, 0) is 0 Å². The van der Waals surface area contributed by atoms with Crippen LogP contribution in [0.5, 0.6) is 0 Å². The molecule has 0 aromatic rings. The lowest BCUT2D eigenvalue weighted by Gasteiger charge is -2.26. The first-order valence-electron chi connectivity index (χ1n) is 8.07. The summed E-state index contributed by atoms with van der Waals surface area (Å²) in [5.41, 5.74) is 0. The molecule has 4 heteroatoms. The molecule has 0 amide bonds. The van der Waals surface area contributed by atoms with Gasteiger partial charge in [-0.1, -0.05) is 13.8 Å². The fraction of sp³-hybridized carbons (Fsp3) is 0.938. The lowest BCUT2D eigenvalue weighted by molar-refractivity contribution is 0.263. The molecule has 2 unspecified atom stereocenters. The van der Waals surface area contributed by atoms with E-state index >= 15 is 0 Å². The van der Waals surface area contributed by atoms with Crippen molar-refractivity contribution < 1.29 is 0 Å². The molecule has 0 saturated heterocycles. The van der Waals surface area contributed by atoms with Gasteiger partial charge < -0.3 is 15.5 Å². The minimum Gasteiger partial charge on any atom is -0.355 e. The molecular formula is C16H34N4. The average Bonchev–Trinajstić information content (AvgIpc) is 3.19. The molecule has 0 bridgehead atoms. The van der Waals surface area contributed by atoms with E-state index in [0.717, 1.165) is 24.3 Å². The van der Waals surface area contributed by atoms with Gasteiger partial charge in [0.25, 0.3) is 0 Å². The lowest BCUT2D eigenvalue weighted by atomic mass is 10.0. The van der Waals surface area contributed by atoms with Crippen molar-refractivity contribution in [3.63, 3.8) is 0 Å². The van der Waals surface area contributed by atoms with Crippen LogP contribution >= 0.6 is 0 Å². The second-order valence-electron chi connectivity index (χ2n) is 6.84. The standard InChI is InChI=1S/C16H34N4/c1-12(2)7-8-13(3)19-16(17-4)18-11-15(20(5)6)14-9-10-14/h12-15H,7-11H2,1-6H3,(H2,17,18,19). The van der Waals surface area contributed by atoms with Gasteiger partial charge in [0.2, 0.25) is 0 Å². The molecular weight excluding hydrogens is 248 g/mol. The SMILES string of the molecule is CN=C(NCC(C1CC1)N(C)C)NC(C)CCC(C)C. The Kier molecular flexibility index (Phi) is 7.35. The zero-order valence-corrected chi connectivity index (χ0v) is 14.2. The van der Waals surface area contributed by atoms with Crippen molar-refractivity contribution in [1.82, 2.24) is 15.5 Å². The molecule has 1 saturated carbocycles. The molecule has 0 heterocycles. The summed E-state index contributed by atoms with van der Waals surface area (Å²) in [5.74, 6) is 2.57. The van der Waals surface area contributed by atoms with Gasteiger partial charge in [0.05, 0.1) is 0 Å². The molecule has 1 fully saturated rings. The highest BCUT2D eigenvalue weighted by Gasteiger charge is 2.32. The van der Waals surface area contributed by atoms with Crippen LogP contribution in [0.3, 0.4) is 0 Å². The highest BCUT2D eigenvalue weighted by Crippen LogP contribution is 2.34. The third-order valence-corrected chi connectivity index (χ3v) is 4.09. The maximum atomic E-state index is 4.34. The second kappa shape index (κ2) is 8.50. The third-order valence-electron chi connectivity index (χ3n) is 4.09. The van der Waals surface area contributed by atoms with E-state index < -0.39 is 0 Å². The monoisotopic (exact) mass is 282 g/mol. The first-order valence-corrected chi connectivity index (χ1v) is 8.07. The predicted molar refractivity (Wildman–Crippen MR) is 88.2 cm³/mol. The van der Waals surface area contributed by atoms with Gasteiger partial charge in [-0.15, -0.1) is 0 Å². The van der Waals surface area contributed by atoms with Gasteiger partial charge in [-0.3, -0.25) is 4.99 Å². The van der Waals surface area contributed by atoms with Gasteiger partial charge in [-0.2, -0.15) is 0 Å².